The molecule has 0 aliphatic carbocycles. The van der Waals surface area contributed by atoms with E-state index in [-0.39, 0.29) is 11.3 Å². The molecule has 0 saturated carbocycles. The predicted molar refractivity (Wildman–Crippen MR) is 80.5 cm³/mol. The summed E-state index contributed by atoms with van der Waals surface area (Å²) in [4.78, 5) is 11.1. The first-order valence-electron chi connectivity index (χ1n) is 5.64. The van der Waals surface area contributed by atoms with E-state index in [1.54, 1.807) is 12.1 Å². The van der Waals surface area contributed by atoms with E-state index in [1.807, 2.05) is 6.92 Å². The number of carboxylic acids is 1. The summed E-state index contributed by atoms with van der Waals surface area (Å²) in [6.45, 7) is 1.84. The van der Waals surface area contributed by atoms with Gasteiger partial charge in [0.05, 0.1) is 16.9 Å². The third kappa shape index (κ3) is 2.94. The van der Waals surface area contributed by atoms with Gasteiger partial charge < -0.3 is 10.4 Å². The number of para-hydroxylation sites is 1. The first-order valence-corrected chi connectivity index (χ1v) is 6.81. The van der Waals surface area contributed by atoms with Crippen molar-refractivity contribution in [1.82, 2.24) is 0 Å². The maximum absolute atomic E-state index is 13.8. The Kier molecular flexibility index (Phi) is 4.30. The number of aromatic carboxylic acids is 1. The molecule has 2 aromatic rings. The van der Waals surface area contributed by atoms with Crippen LogP contribution in [0.1, 0.15) is 15.9 Å². The number of aryl methyl sites for hydroxylation is 1. The average molecular weight is 359 g/mol. The maximum Gasteiger partial charge on any atom is 0.337 e. The molecule has 0 amide bonds. The van der Waals surface area contributed by atoms with Crippen LogP contribution in [0.2, 0.25) is 5.02 Å². The van der Waals surface area contributed by atoms with Crippen molar-refractivity contribution in [2.75, 3.05) is 5.32 Å². The molecule has 104 valence electrons. The summed E-state index contributed by atoms with van der Waals surface area (Å²) < 4.78 is 14.5. The monoisotopic (exact) mass is 357 g/mol. The number of rotatable bonds is 3. The molecule has 2 rings (SSSR count). The Labute approximate surface area is 128 Å². The number of hydrogen-bond donors (Lipinski definition) is 2. The number of halogens is 3. The van der Waals surface area contributed by atoms with Crippen molar-refractivity contribution >= 4 is 44.9 Å². The van der Waals surface area contributed by atoms with E-state index in [2.05, 4.69) is 21.2 Å². The highest BCUT2D eigenvalue weighted by Crippen LogP contribution is 2.33. The third-order valence-corrected chi connectivity index (χ3v) is 3.82. The van der Waals surface area contributed by atoms with Crippen LogP contribution in [0.4, 0.5) is 15.8 Å². The van der Waals surface area contributed by atoms with Gasteiger partial charge in [-0.15, -0.1) is 0 Å². The third-order valence-electron chi connectivity index (χ3n) is 2.75. The molecule has 0 saturated heterocycles. The fraction of sp³-hybridized carbons (Fsp3) is 0.0714. The topological polar surface area (TPSA) is 49.3 Å². The maximum atomic E-state index is 13.8. The predicted octanol–water partition coefficient (Wildman–Crippen LogP) is 4.99. The zero-order valence-electron chi connectivity index (χ0n) is 10.4. The summed E-state index contributed by atoms with van der Waals surface area (Å²) in [6.07, 6.45) is 0. The Bertz CT molecular complexity index is 691. The molecule has 0 aromatic heterocycles. The van der Waals surface area contributed by atoms with Gasteiger partial charge in [-0.05, 0) is 52.7 Å². The van der Waals surface area contributed by atoms with Gasteiger partial charge in [-0.25, -0.2) is 9.18 Å². The van der Waals surface area contributed by atoms with Crippen molar-refractivity contribution in [3.8, 4) is 0 Å². The highest BCUT2D eigenvalue weighted by atomic mass is 79.9. The van der Waals surface area contributed by atoms with Crippen LogP contribution in [0.5, 0.6) is 0 Å². The molecule has 0 radical (unpaired) electrons. The molecule has 0 aliphatic heterocycles. The normalized spacial score (nSPS) is 10.4. The van der Waals surface area contributed by atoms with Gasteiger partial charge in [0, 0.05) is 9.50 Å². The van der Waals surface area contributed by atoms with E-state index in [4.69, 9.17) is 16.7 Å². The Hall–Kier alpha value is -1.59. The van der Waals surface area contributed by atoms with E-state index < -0.39 is 11.8 Å². The number of hydrogen-bond acceptors (Lipinski definition) is 2. The Morgan fingerprint density at radius 3 is 2.75 bits per heavy atom. The second-order valence-corrected chi connectivity index (χ2v) is 5.44. The van der Waals surface area contributed by atoms with Gasteiger partial charge in [-0.2, -0.15) is 0 Å². The minimum atomic E-state index is -1.21. The minimum Gasteiger partial charge on any atom is -0.478 e. The SMILES string of the molecule is Cc1cc(Br)c(Nc2c(F)cccc2C(=O)O)cc1Cl. The van der Waals surface area contributed by atoms with Crippen LogP contribution in [-0.2, 0) is 0 Å². The van der Waals surface area contributed by atoms with Crippen LogP contribution < -0.4 is 5.32 Å². The minimum absolute atomic E-state index is 0.0966. The summed E-state index contributed by atoms with van der Waals surface area (Å²) in [6, 6.07) is 7.25. The zero-order chi connectivity index (χ0) is 14.9. The molecule has 0 aliphatic rings. The number of carbonyl (C=O) groups is 1. The second-order valence-electron chi connectivity index (χ2n) is 4.17. The smallest absolute Gasteiger partial charge is 0.337 e. The highest BCUT2D eigenvalue weighted by molar-refractivity contribution is 9.10. The molecule has 6 heteroatoms. The average Bonchev–Trinajstić information content (AvgIpc) is 2.37. The fourth-order valence-electron chi connectivity index (χ4n) is 1.71. The van der Waals surface area contributed by atoms with Crippen molar-refractivity contribution in [3.63, 3.8) is 0 Å². The van der Waals surface area contributed by atoms with Crippen molar-refractivity contribution in [2.24, 2.45) is 0 Å². The van der Waals surface area contributed by atoms with E-state index in [1.165, 1.54) is 18.2 Å². The van der Waals surface area contributed by atoms with Gasteiger partial charge in [0.1, 0.15) is 5.82 Å². The van der Waals surface area contributed by atoms with Gasteiger partial charge in [0.15, 0.2) is 0 Å². The van der Waals surface area contributed by atoms with Crippen molar-refractivity contribution in [2.45, 2.75) is 6.92 Å². The summed E-state index contributed by atoms with van der Waals surface area (Å²) in [5.41, 5.74) is 1.11. The lowest BCUT2D eigenvalue weighted by Gasteiger charge is -2.13. The van der Waals surface area contributed by atoms with Crippen molar-refractivity contribution < 1.29 is 14.3 Å². The van der Waals surface area contributed by atoms with Crippen LogP contribution >= 0.6 is 27.5 Å². The largest absolute Gasteiger partial charge is 0.478 e. The summed E-state index contributed by atoms with van der Waals surface area (Å²) in [5, 5.41) is 12.4. The van der Waals surface area contributed by atoms with Crippen LogP contribution in [0, 0.1) is 12.7 Å². The van der Waals surface area contributed by atoms with Gasteiger partial charge in [0.25, 0.3) is 0 Å². The van der Waals surface area contributed by atoms with Gasteiger partial charge in [-0.1, -0.05) is 17.7 Å². The van der Waals surface area contributed by atoms with E-state index >= 15 is 0 Å². The number of anilines is 2. The van der Waals surface area contributed by atoms with Crippen molar-refractivity contribution in [1.29, 1.82) is 0 Å². The molecular weight excluding hydrogens is 349 g/mol. The molecule has 3 nitrogen and oxygen atoms in total. The van der Waals surface area contributed by atoms with Crippen LogP contribution in [0.3, 0.4) is 0 Å². The Morgan fingerprint density at radius 1 is 1.40 bits per heavy atom. The quantitative estimate of drug-likeness (QED) is 0.812. The second kappa shape index (κ2) is 5.81. The standard InChI is InChI=1S/C14H10BrClFNO2/c1-7-5-9(15)12(6-10(7)16)18-13-8(14(19)20)3-2-4-11(13)17/h2-6,18H,1H3,(H,19,20). The first-order chi connectivity index (χ1) is 9.40. The lowest BCUT2D eigenvalue weighted by atomic mass is 10.1. The molecule has 2 N–H and O–H groups in total. The number of carboxylic acid groups (broad SMARTS) is 1. The Balaban J connectivity index is 2.50. The van der Waals surface area contributed by atoms with Crippen LogP contribution in [-0.4, -0.2) is 11.1 Å². The molecule has 0 heterocycles. The molecule has 20 heavy (non-hydrogen) atoms. The molecule has 0 fully saturated rings. The van der Waals surface area contributed by atoms with E-state index in [0.717, 1.165) is 5.56 Å². The Morgan fingerprint density at radius 2 is 2.10 bits per heavy atom. The zero-order valence-corrected chi connectivity index (χ0v) is 12.7. The summed E-state index contributed by atoms with van der Waals surface area (Å²) in [5.74, 6) is -1.85. The highest BCUT2D eigenvalue weighted by Gasteiger charge is 2.15. The molecule has 0 bridgehead atoms. The van der Waals surface area contributed by atoms with E-state index in [0.29, 0.717) is 15.2 Å². The van der Waals surface area contributed by atoms with Crippen LogP contribution in [0.15, 0.2) is 34.8 Å². The lowest BCUT2D eigenvalue weighted by Crippen LogP contribution is -2.05. The molecule has 0 spiro atoms. The molecule has 2 aromatic carbocycles. The van der Waals surface area contributed by atoms with E-state index in [9.17, 15) is 9.18 Å². The van der Waals surface area contributed by atoms with Gasteiger partial charge >= 0.3 is 5.97 Å². The van der Waals surface area contributed by atoms with Crippen molar-refractivity contribution in [3.05, 3.63) is 56.8 Å². The lowest BCUT2D eigenvalue weighted by molar-refractivity contribution is 0.0697. The molecule has 0 unspecified atom stereocenters. The summed E-state index contributed by atoms with van der Waals surface area (Å²) in [7, 11) is 0. The van der Waals surface area contributed by atoms with Gasteiger partial charge in [-0.3, -0.25) is 0 Å². The first kappa shape index (κ1) is 14.8. The van der Waals surface area contributed by atoms with Gasteiger partial charge in [0.2, 0.25) is 0 Å². The van der Waals surface area contributed by atoms with Crippen LogP contribution in [0.25, 0.3) is 0 Å². The number of nitrogens with one attached hydrogen (secondary N) is 1. The number of benzene rings is 2. The summed E-state index contributed by atoms with van der Waals surface area (Å²) >= 11 is 9.36. The molecule has 0 atom stereocenters. The molecular formula is C14H10BrClFNO2. The fourth-order valence-corrected chi connectivity index (χ4v) is 2.43.